The van der Waals surface area contributed by atoms with Gasteiger partial charge in [-0.1, -0.05) is 17.2 Å². The first-order valence-corrected chi connectivity index (χ1v) is 6.07. The molecule has 3 rings (SSSR count). The van der Waals surface area contributed by atoms with Crippen molar-refractivity contribution in [3.63, 3.8) is 0 Å². The van der Waals surface area contributed by atoms with Gasteiger partial charge in [0.05, 0.1) is 16.7 Å². The number of nitrogens with zero attached hydrogens (tertiary/aromatic N) is 1. The Morgan fingerprint density at radius 3 is 2.18 bits per heavy atom. The number of fused-ring (bicyclic) bond motifs is 1. The summed E-state index contributed by atoms with van der Waals surface area (Å²) >= 11 is 0. The molecule has 22 heavy (non-hydrogen) atoms. The number of nitrogens with two attached hydrogens (primary N) is 1. The van der Waals surface area contributed by atoms with Crippen molar-refractivity contribution in [1.29, 1.82) is 0 Å². The molecule has 0 radical (unpaired) electrons. The van der Waals surface area contributed by atoms with Crippen molar-refractivity contribution >= 4 is 23.7 Å². The van der Waals surface area contributed by atoms with E-state index in [-0.39, 0.29) is 22.5 Å². The van der Waals surface area contributed by atoms with E-state index < -0.39 is 23.7 Å². The third-order valence-electron chi connectivity index (χ3n) is 3.02. The zero-order chi connectivity index (χ0) is 15.9. The van der Waals surface area contributed by atoms with Crippen LogP contribution in [0.25, 0.3) is 0 Å². The van der Waals surface area contributed by atoms with Crippen LogP contribution in [0, 0.1) is 0 Å². The third-order valence-corrected chi connectivity index (χ3v) is 3.02. The van der Waals surface area contributed by atoms with E-state index in [0.717, 1.165) is 12.3 Å². The number of rotatable bonds is 3. The smallest absolute Gasteiger partial charge is 0.399 e. The van der Waals surface area contributed by atoms with Crippen molar-refractivity contribution in [3.8, 4) is 0 Å². The number of hydroxylamine groups is 2. The summed E-state index contributed by atoms with van der Waals surface area (Å²) < 4.78 is 4.82. The van der Waals surface area contributed by atoms with Crippen molar-refractivity contribution in [1.82, 2.24) is 5.06 Å². The lowest BCUT2D eigenvalue weighted by atomic mass is 10.1. The average molecular weight is 300 g/mol. The number of primary amides is 1. The molecule has 0 bridgehead atoms. The van der Waals surface area contributed by atoms with E-state index in [1.807, 2.05) is 0 Å². The lowest BCUT2D eigenvalue weighted by molar-refractivity contribution is -0.0603. The van der Waals surface area contributed by atoms with Crippen molar-refractivity contribution in [2.24, 2.45) is 5.73 Å². The van der Waals surface area contributed by atoms with Gasteiger partial charge in [-0.15, -0.1) is 0 Å². The summed E-state index contributed by atoms with van der Waals surface area (Å²) in [7, 11) is 0. The van der Waals surface area contributed by atoms with Crippen LogP contribution in [0.5, 0.6) is 0 Å². The first kappa shape index (κ1) is 13.6. The molecule has 1 aromatic carbocycles. The molecular formula is C14H8N2O6. The van der Waals surface area contributed by atoms with Gasteiger partial charge in [0.1, 0.15) is 6.26 Å². The number of carbonyl (C=O) groups is 4. The van der Waals surface area contributed by atoms with Gasteiger partial charge in [-0.05, 0) is 12.1 Å². The fourth-order valence-corrected chi connectivity index (χ4v) is 1.95. The third kappa shape index (κ3) is 2.03. The summed E-state index contributed by atoms with van der Waals surface area (Å²) in [4.78, 5) is 51.6. The molecular weight excluding hydrogens is 292 g/mol. The van der Waals surface area contributed by atoms with E-state index in [0.29, 0.717) is 5.06 Å². The van der Waals surface area contributed by atoms with Crippen molar-refractivity contribution in [2.75, 3.05) is 0 Å². The molecule has 3 amide bonds. The molecule has 110 valence electrons. The van der Waals surface area contributed by atoms with Crippen LogP contribution in [0.3, 0.4) is 0 Å². The van der Waals surface area contributed by atoms with E-state index in [9.17, 15) is 19.2 Å². The fraction of sp³-hybridized carbons (Fsp3) is 0. The zero-order valence-electron chi connectivity index (χ0n) is 10.9. The van der Waals surface area contributed by atoms with Crippen molar-refractivity contribution < 1.29 is 28.4 Å². The van der Waals surface area contributed by atoms with Crippen LogP contribution in [0.2, 0.25) is 0 Å². The molecule has 0 atom stereocenters. The number of furan rings is 1. The predicted molar refractivity (Wildman–Crippen MR) is 69.6 cm³/mol. The minimum Gasteiger partial charge on any atom is -0.456 e. The van der Waals surface area contributed by atoms with E-state index in [4.69, 9.17) is 15.0 Å². The normalized spacial score (nSPS) is 13.2. The van der Waals surface area contributed by atoms with Crippen LogP contribution >= 0.6 is 0 Å². The summed E-state index contributed by atoms with van der Waals surface area (Å²) in [6.07, 6.45) is 0.974. The van der Waals surface area contributed by atoms with Gasteiger partial charge in [-0.3, -0.25) is 14.4 Å². The monoisotopic (exact) mass is 300 g/mol. The Morgan fingerprint density at radius 1 is 1.09 bits per heavy atom. The molecule has 8 heteroatoms. The predicted octanol–water partition coefficient (Wildman–Crippen LogP) is 0.746. The summed E-state index contributed by atoms with van der Waals surface area (Å²) in [6.45, 7) is 0. The van der Waals surface area contributed by atoms with Gasteiger partial charge in [-0.25, -0.2) is 4.79 Å². The lowest BCUT2D eigenvalue weighted by Crippen LogP contribution is -2.32. The highest BCUT2D eigenvalue weighted by Crippen LogP contribution is 2.23. The SMILES string of the molecule is NC(=O)c1coc(C(=O)ON2C(=O)c3ccccc3C2=O)c1. The molecule has 2 N–H and O–H groups in total. The Bertz CT molecular complexity index is 787. The Kier molecular flexibility index (Phi) is 2.99. The van der Waals surface area contributed by atoms with Crippen LogP contribution < -0.4 is 5.73 Å². The fourth-order valence-electron chi connectivity index (χ4n) is 1.95. The molecule has 2 aromatic rings. The second-order valence-corrected chi connectivity index (χ2v) is 4.39. The first-order valence-electron chi connectivity index (χ1n) is 6.07. The maximum atomic E-state index is 12.0. The highest BCUT2D eigenvalue weighted by molar-refractivity contribution is 6.21. The molecule has 1 aromatic heterocycles. The quantitative estimate of drug-likeness (QED) is 0.835. The summed E-state index contributed by atoms with van der Waals surface area (Å²) in [5, 5.41) is 0.347. The van der Waals surface area contributed by atoms with Crippen LogP contribution in [0.1, 0.15) is 41.6 Å². The van der Waals surface area contributed by atoms with Gasteiger partial charge in [0, 0.05) is 6.07 Å². The van der Waals surface area contributed by atoms with Crippen molar-refractivity contribution in [2.45, 2.75) is 0 Å². The molecule has 0 spiro atoms. The van der Waals surface area contributed by atoms with Crippen LogP contribution in [0.4, 0.5) is 0 Å². The largest absolute Gasteiger partial charge is 0.456 e. The molecule has 0 aliphatic carbocycles. The number of hydrogen-bond donors (Lipinski definition) is 1. The van der Waals surface area contributed by atoms with Gasteiger partial charge in [0.15, 0.2) is 0 Å². The highest BCUT2D eigenvalue weighted by atomic mass is 16.7. The molecule has 8 nitrogen and oxygen atoms in total. The molecule has 0 unspecified atom stereocenters. The van der Waals surface area contributed by atoms with Gasteiger partial charge in [0.2, 0.25) is 5.76 Å². The van der Waals surface area contributed by atoms with Crippen LogP contribution in [0.15, 0.2) is 41.0 Å². The van der Waals surface area contributed by atoms with Gasteiger partial charge >= 0.3 is 5.97 Å². The zero-order valence-corrected chi connectivity index (χ0v) is 10.9. The second kappa shape index (κ2) is 4.85. The standard InChI is InChI=1S/C14H8N2O6/c15-11(17)7-5-10(21-6-7)14(20)22-16-12(18)8-3-1-2-4-9(8)13(16)19/h1-6H,(H2,15,17). The highest BCUT2D eigenvalue weighted by Gasteiger charge is 2.39. The number of carbonyl (C=O) groups excluding carboxylic acids is 4. The Labute approximate surface area is 123 Å². The van der Waals surface area contributed by atoms with Gasteiger partial charge < -0.3 is 15.0 Å². The molecule has 0 saturated heterocycles. The minimum atomic E-state index is -1.10. The van der Waals surface area contributed by atoms with E-state index in [2.05, 4.69) is 0 Å². The van der Waals surface area contributed by atoms with Crippen LogP contribution in [-0.4, -0.2) is 28.8 Å². The van der Waals surface area contributed by atoms with E-state index in [1.54, 1.807) is 12.1 Å². The lowest BCUT2D eigenvalue weighted by Gasteiger charge is -2.11. The Hall–Kier alpha value is -3.42. The molecule has 0 saturated carbocycles. The van der Waals surface area contributed by atoms with E-state index >= 15 is 0 Å². The number of hydrogen-bond acceptors (Lipinski definition) is 6. The molecule has 1 aliphatic rings. The Morgan fingerprint density at radius 2 is 1.68 bits per heavy atom. The molecule has 0 fully saturated rings. The first-order chi connectivity index (χ1) is 10.5. The van der Waals surface area contributed by atoms with Gasteiger partial charge in [-0.2, -0.15) is 0 Å². The average Bonchev–Trinajstić information content (AvgIpc) is 3.08. The minimum absolute atomic E-state index is 0.0330. The number of benzene rings is 1. The van der Waals surface area contributed by atoms with Gasteiger partial charge in [0.25, 0.3) is 17.7 Å². The summed E-state index contributed by atoms with van der Waals surface area (Å²) in [6, 6.07) is 7.12. The Balaban J connectivity index is 1.82. The van der Waals surface area contributed by atoms with Crippen molar-refractivity contribution in [3.05, 3.63) is 59.0 Å². The van der Waals surface area contributed by atoms with Crippen LogP contribution in [-0.2, 0) is 4.84 Å². The summed E-state index contributed by atoms with van der Waals surface area (Å²) in [5.41, 5.74) is 5.26. The molecule has 1 aliphatic heterocycles. The maximum Gasteiger partial charge on any atom is 0.399 e. The number of amides is 3. The molecule has 2 heterocycles. The topological polar surface area (TPSA) is 120 Å². The van der Waals surface area contributed by atoms with E-state index in [1.165, 1.54) is 12.1 Å². The maximum absolute atomic E-state index is 12.0. The summed E-state index contributed by atoms with van der Waals surface area (Å²) in [5.74, 6) is -3.75. The second-order valence-electron chi connectivity index (χ2n) is 4.39. The number of imide groups is 1.